The number of nitrogens with one attached hydrogen (secondary N) is 1. The number of nitrogens with zero attached hydrogens (tertiary/aromatic N) is 1. The molecule has 2 aromatic heterocycles. The SMILES string of the molecule is O=C(N/N=C/c1ccc(-c2ccc(F)cc2)o1)c1cc2c(ccc3ccccc32)o1. The van der Waals surface area contributed by atoms with E-state index < -0.39 is 5.91 Å². The number of fused-ring (bicyclic) bond motifs is 3. The molecule has 0 aliphatic carbocycles. The fraction of sp³-hybridized carbons (Fsp3) is 0. The van der Waals surface area contributed by atoms with Crippen molar-refractivity contribution in [2.24, 2.45) is 5.10 Å². The summed E-state index contributed by atoms with van der Waals surface area (Å²) < 4.78 is 24.4. The second kappa shape index (κ2) is 7.33. The summed E-state index contributed by atoms with van der Waals surface area (Å²) in [5, 5.41) is 6.90. The van der Waals surface area contributed by atoms with E-state index in [2.05, 4.69) is 10.5 Å². The highest BCUT2D eigenvalue weighted by molar-refractivity contribution is 6.08. The maximum absolute atomic E-state index is 13.0. The van der Waals surface area contributed by atoms with Gasteiger partial charge in [0.2, 0.25) is 0 Å². The molecule has 5 rings (SSSR count). The summed E-state index contributed by atoms with van der Waals surface area (Å²) >= 11 is 0. The van der Waals surface area contributed by atoms with E-state index in [0.29, 0.717) is 17.1 Å². The molecular weight excluding hydrogens is 383 g/mol. The molecular formula is C24H15FN2O3. The van der Waals surface area contributed by atoms with Crippen molar-refractivity contribution in [1.82, 2.24) is 5.43 Å². The molecule has 0 bridgehead atoms. The number of carbonyl (C=O) groups excluding carboxylic acids is 1. The maximum atomic E-state index is 13.0. The van der Waals surface area contributed by atoms with Gasteiger partial charge < -0.3 is 8.83 Å². The quantitative estimate of drug-likeness (QED) is 0.310. The van der Waals surface area contributed by atoms with Crippen LogP contribution in [-0.4, -0.2) is 12.1 Å². The number of furan rings is 2. The summed E-state index contributed by atoms with van der Waals surface area (Å²) in [6.07, 6.45) is 1.39. The van der Waals surface area contributed by atoms with E-state index in [1.165, 1.54) is 18.3 Å². The Kier molecular flexibility index (Phi) is 4.37. The van der Waals surface area contributed by atoms with Crippen LogP contribution in [0.4, 0.5) is 4.39 Å². The molecule has 0 aliphatic heterocycles. The Hall–Kier alpha value is -4.19. The van der Waals surface area contributed by atoms with Gasteiger partial charge in [-0.1, -0.05) is 30.3 Å². The highest BCUT2D eigenvalue weighted by Crippen LogP contribution is 2.28. The van der Waals surface area contributed by atoms with Crippen molar-refractivity contribution in [3.8, 4) is 11.3 Å². The topological polar surface area (TPSA) is 67.7 Å². The van der Waals surface area contributed by atoms with Gasteiger partial charge >= 0.3 is 5.91 Å². The fourth-order valence-corrected chi connectivity index (χ4v) is 3.31. The smallest absolute Gasteiger partial charge is 0.307 e. The highest BCUT2D eigenvalue weighted by Gasteiger charge is 2.13. The summed E-state index contributed by atoms with van der Waals surface area (Å²) in [5.41, 5.74) is 3.82. The Morgan fingerprint density at radius 2 is 1.73 bits per heavy atom. The number of carbonyl (C=O) groups is 1. The first-order chi connectivity index (χ1) is 14.7. The summed E-state index contributed by atoms with van der Waals surface area (Å²) in [7, 11) is 0. The van der Waals surface area contributed by atoms with Crippen LogP contribution in [0.3, 0.4) is 0 Å². The lowest BCUT2D eigenvalue weighted by molar-refractivity contribution is 0.0929. The van der Waals surface area contributed by atoms with E-state index in [0.717, 1.165) is 21.7 Å². The van der Waals surface area contributed by atoms with E-state index >= 15 is 0 Å². The van der Waals surface area contributed by atoms with Crippen molar-refractivity contribution in [3.63, 3.8) is 0 Å². The molecule has 0 radical (unpaired) electrons. The monoisotopic (exact) mass is 398 g/mol. The van der Waals surface area contributed by atoms with Crippen LogP contribution < -0.4 is 5.43 Å². The average Bonchev–Trinajstić information content (AvgIpc) is 3.41. The third kappa shape index (κ3) is 3.35. The minimum Gasteiger partial charge on any atom is -0.455 e. The third-order valence-corrected chi connectivity index (χ3v) is 4.76. The van der Waals surface area contributed by atoms with E-state index in [4.69, 9.17) is 8.83 Å². The zero-order valence-corrected chi connectivity index (χ0v) is 15.6. The molecule has 3 aromatic carbocycles. The number of amides is 1. The maximum Gasteiger partial charge on any atom is 0.307 e. The molecule has 5 nitrogen and oxygen atoms in total. The van der Waals surface area contributed by atoms with Crippen LogP contribution in [0.2, 0.25) is 0 Å². The second-order valence-corrected chi connectivity index (χ2v) is 6.72. The standard InChI is InChI=1S/C24H15FN2O3/c25-17-8-5-16(6-9-17)21-12-10-18(29-21)14-26-27-24(28)23-13-20-19-4-2-1-3-15(19)7-11-22(20)30-23/h1-14H,(H,27,28)/b26-14+. The van der Waals surface area contributed by atoms with Gasteiger partial charge in [-0.15, -0.1) is 0 Å². The molecule has 2 heterocycles. The highest BCUT2D eigenvalue weighted by atomic mass is 19.1. The molecule has 0 saturated carbocycles. The van der Waals surface area contributed by atoms with Crippen molar-refractivity contribution < 1.29 is 18.0 Å². The molecule has 1 amide bonds. The largest absolute Gasteiger partial charge is 0.455 e. The third-order valence-electron chi connectivity index (χ3n) is 4.76. The van der Waals surface area contributed by atoms with Crippen LogP contribution in [-0.2, 0) is 0 Å². The molecule has 1 N–H and O–H groups in total. The van der Waals surface area contributed by atoms with E-state index in [1.54, 1.807) is 30.3 Å². The van der Waals surface area contributed by atoms with Crippen LogP contribution in [0.1, 0.15) is 16.3 Å². The first-order valence-electron chi connectivity index (χ1n) is 9.28. The number of benzene rings is 3. The Labute approximate surface area is 170 Å². The van der Waals surface area contributed by atoms with Crippen molar-refractivity contribution in [3.05, 3.63) is 96.2 Å². The number of hydrogen-bond donors (Lipinski definition) is 1. The molecule has 0 saturated heterocycles. The van der Waals surface area contributed by atoms with Crippen LogP contribution in [0.5, 0.6) is 0 Å². The summed E-state index contributed by atoms with van der Waals surface area (Å²) in [4.78, 5) is 12.4. The average molecular weight is 398 g/mol. The molecule has 0 unspecified atom stereocenters. The number of halogens is 1. The van der Waals surface area contributed by atoms with E-state index in [-0.39, 0.29) is 11.6 Å². The van der Waals surface area contributed by atoms with Crippen molar-refractivity contribution >= 4 is 33.9 Å². The Morgan fingerprint density at radius 1 is 0.900 bits per heavy atom. The molecule has 0 fully saturated rings. The van der Waals surface area contributed by atoms with Gasteiger partial charge in [-0.2, -0.15) is 5.10 Å². The lowest BCUT2D eigenvalue weighted by Gasteiger charge is -1.96. The Balaban J connectivity index is 1.32. The second-order valence-electron chi connectivity index (χ2n) is 6.72. The van der Waals surface area contributed by atoms with Crippen LogP contribution in [0.15, 0.2) is 92.8 Å². The van der Waals surface area contributed by atoms with Gasteiger partial charge in [0.1, 0.15) is 22.9 Å². The number of hydrazone groups is 1. The first kappa shape index (κ1) is 17.9. The van der Waals surface area contributed by atoms with Crippen molar-refractivity contribution in [2.75, 3.05) is 0 Å². The zero-order valence-electron chi connectivity index (χ0n) is 15.6. The fourth-order valence-electron chi connectivity index (χ4n) is 3.31. The summed E-state index contributed by atoms with van der Waals surface area (Å²) in [5.74, 6) is 0.423. The first-order valence-corrected chi connectivity index (χ1v) is 9.28. The van der Waals surface area contributed by atoms with Crippen LogP contribution in [0.25, 0.3) is 33.1 Å². The van der Waals surface area contributed by atoms with Gasteiger partial charge in [0.25, 0.3) is 0 Å². The zero-order chi connectivity index (χ0) is 20.5. The molecule has 146 valence electrons. The predicted molar refractivity (Wildman–Crippen MR) is 113 cm³/mol. The minimum atomic E-state index is -0.461. The van der Waals surface area contributed by atoms with Gasteiger partial charge in [0, 0.05) is 10.9 Å². The lowest BCUT2D eigenvalue weighted by Crippen LogP contribution is -2.16. The minimum absolute atomic E-state index is 0.171. The van der Waals surface area contributed by atoms with Crippen LogP contribution in [0, 0.1) is 5.82 Å². The normalized spacial score (nSPS) is 11.5. The van der Waals surface area contributed by atoms with Crippen molar-refractivity contribution in [2.45, 2.75) is 0 Å². The van der Waals surface area contributed by atoms with Gasteiger partial charge in [0.15, 0.2) is 5.76 Å². The van der Waals surface area contributed by atoms with Gasteiger partial charge in [-0.25, -0.2) is 9.82 Å². The molecule has 6 heteroatoms. The van der Waals surface area contributed by atoms with Gasteiger partial charge in [-0.05, 0) is 59.3 Å². The summed E-state index contributed by atoms with van der Waals surface area (Å²) in [6.45, 7) is 0. The molecule has 0 atom stereocenters. The Morgan fingerprint density at radius 3 is 2.60 bits per heavy atom. The lowest BCUT2D eigenvalue weighted by atomic mass is 10.1. The summed E-state index contributed by atoms with van der Waals surface area (Å²) in [6, 6.07) is 22.9. The van der Waals surface area contributed by atoms with Crippen molar-refractivity contribution in [1.29, 1.82) is 0 Å². The number of rotatable bonds is 4. The molecule has 0 aliphatic rings. The van der Waals surface area contributed by atoms with Crippen LogP contribution >= 0.6 is 0 Å². The van der Waals surface area contributed by atoms with Gasteiger partial charge in [0.05, 0.1) is 6.21 Å². The molecule has 30 heavy (non-hydrogen) atoms. The van der Waals surface area contributed by atoms with E-state index in [9.17, 15) is 9.18 Å². The molecule has 0 spiro atoms. The predicted octanol–water partition coefficient (Wildman–Crippen LogP) is 5.75. The number of hydrogen-bond acceptors (Lipinski definition) is 4. The Bertz CT molecular complexity index is 1400. The van der Waals surface area contributed by atoms with Gasteiger partial charge in [-0.3, -0.25) is 4.79 Å². The van der Waals surface area contributed by atoms with E-state index in [1.807, 2.05) is 36.4 Å². The molecule has 5 aromatic rings.